The largest absolute Gasteiger partial charge is 0.383 e. The van der Waals surface area contributed by atoms with Gasteiger partial charge in [-0.2, -0.15) is 5.10 Å². The number of benzene rings is 1. The predicted octanol–water partition coefficient (Wildman–Crippen LogP) is 2.81. The molecule has 2 aromatic rings. The molecule has 3 nitrogen and oxygen atoms in total. The molecule has 1 aromatic heterocycles. The molecular formula is C11H10Cl2N2O. The first kappa shape index (κ1) is 11.5. The number of aryl methyl sites for hydroxylation is 1. The Morgan fingerprint density at radius 3 is 2.44 bits per heavy atom. The van der Waals surface area contributed by atoms with Crippen LogP contribution in [0.5, 0.6) is 0 Å². The maximum Gasteiger partial charge on any atom is 0.110 e. The fourth-order valence-corrected chi connectivity index (χ4v) is 2.12. The van der Waals surface area contributed by atoms with E-state index in [1.807, 2.05) is 0 Å². The Hall–Kier alpha value is -1.03. The van der Waals surface area contributed by atoms with Gasteiger partial charge in [0.1, 0.15) is 6.10 Å². The van der Waals surface area contributed by atoms with Gasteiger partial charge < -0.3 is 5.11 Å². The molecule has 0 saturated carbocycles. The number of aliphatic hydroxyl groups excluding tert-OH is 1. The molecule has 0 bridgehead atoms. The molecule has 0 aliphatic rings. The second kappa shape index (κ2) is 4.45. The van der Waals surface area contributed by atoms with E-state index in [1.165, 1.54) is 0 Å². The molecule has 0 aliphatic heterocycles. The van der Waals surface area contributed by atoms with Crippen LogP contribution in [0.4, 0.5) is 0 Å². The molecule has 1 atom stereocenters. The second-order valence-corrected chi connectivity index (χ2v) is 4.30. The van der Waals surface area contributed by atoms with E-state index in [2.05, 4.69) is 5.10 Å². The summed E-state index contributed by atoms with van der Waals surface area (Å²) in [5.41, 5.74) is 1.18. The maximum atomic E-state index is 10.1. The van der Waals surface area contributed by atoms with Crippen LogP contribution in [-0.4, -0.2) is 14.9 Å². The Morgan fingerprint density at radius 1 is 1.31 bits per heavy atom. The highest BCUT2D eigenvalue weighted by Gasteiger charge is 2.18. The quantitative estimate of drug-likeness (QED) is 0.898. The van der Waals surface area contributed by atoms with Crippen LogP contribution in [0, 0.1) is 0 Å². The van der Waals surface area contributed by atoms with Crippen molar-refractivity contribution in [2.45, 2.75) is 6.10 Å². The Kier molecular flexibility index (Phi) is 3.19. The van der Waals surface area contributed by atoms with Crippen LogP contribution < -0.4 is 0 Å². The van der Waals surface area contributed by atoms with Gasteiger partial charge in [-0.15, -0.1) is 0 Å². The topological polar surface area (TPSA) is 38.0 Å². The molecule has 0 aliphatic carbocycles. The van der Waals surface area contributed by atoms with Crippen LogP contribution in [0.25, 0.3) is 0 Å². The first-order valence-corrected chi connectivity index (χ1v) is 5.45. The molecule has 1 heterocycles. The van der Waals surface area contributed by atoms with E-state index in [0.29, 0.717) is 21.2 Å². The Bertz CT molecular complexity index is 490. The minimum Gasteiger partial charge on any atom is -0.383 e. The number of halogens is 2. The highest BCUT2D eigenvalue weighted by molar-refractivity contribution is 6.36. The first-order valence-electron chi connectivity index (χ1n) is 4.70. The third-order valence-electron chi connectivity index (χ3n) is 2.31. The summed E-state index contributed by atoms with van der Waals surface area (Å²) < 4.78 is 1.61. The molecule has 0 radical (unpaired) electrons. The van der Waals surface area contributed by atoms with Crippen molar-refractivity contribution in [1.29, 1.82) is 0 Å². The lowest BCUT2D eigenvalue weighted by atomic mass is 10.0. The van der Waals surface area contributed by atoms with Crippen molar-refractivity contribution in [2.75, 3.05) is 0 Å². The van der Waals surface area contributed by atoms with Gasteiger partial charge in [-0.05, 0) is 12.1 Å². The lowest BCUT2D eigenvalue weighted by molar-refractivity contribution is 0.220. The number of aromatic nitrogens is 2. The normalized spacial score (nSPS) is 12.8. The van der Waals surface area contributed by atoms with E-state index in [-0.39, 0.29) is 0 Å². The summed E-state index contributed by atoms with van der Waals surface area (Å²) in [6, 6.07) is 5.13. The molecule has 0 saturated heterocycles. The van der Waals surface area contributed by atoms with Gasteiger partial charge in [0.2, 0.25) is 0 Å². The third-order valence-corrected chi connectivity index (χ3v) is 2.97. The summed E-state index contributed by atoms with van der Waals surface area (Å²) in [6.45, 7) is 0. The average Bonchev–Trinajstić information content (AvgIpc) is 2.64. The zero-order valence-electron chi connectivity index (χ0n) is 8.56. The van der Waals surface area contributed by atoms with Gasteiger partial charge in [0.25, 0.3) is 0 Å². The fraction of sp³-hybridized carbons (Fsp3) is 0.182. The van der Waals surface area contributed by atoms with Crippen LogP contribution in [-0.2, 0) is 7.05 Å². The second-order valence-electron chi connectivity index (χ2n) is 3.49. The number of hydrogen-bond acceptors (Lipinski definition) is 2. The highest BCUT2D eigenvalue weighted by Crippen LogP contribution is 2.33. The third kappa shape index (κ3) is 2.07. The molecule has 1 aromatic carbocycles. The van der Waals surface area contributed by atoms with Crippen LogP contribution >= 0.6 is 23.2 Å². The van der Waals surface area contributed by atoms with Gasteiger partial charge in [0.05, 0.1) is 6.20 Å². The Labute approximate surface area is 103 Å². The summed E-state index contributed by atoms with van der Waals surface area (Å²) in [7, 11) is 1.78. The average molecular weight is 257 g/mol. The summed E-state index contributed by atoms with van der Waals surface area (Å²) >= 11 is 12.0. The Morgan fingerprint density at radius 2 is 1.94 bits per heavy atom. The van der Waals surface area contributed by atoms with Crippen LogP contribution in [0.1, 0.15) is 17.2 Å². The zero-order valence-corrected chi connectivity index (χ0v) is 10.1. The number of rotatable bonds is 2. The lowest BCUT2D eigenvalue weighted by Crippen LogP contribution is -2.00. The van der Waals surface area contributed by atoms with Gasteiger partial charge in [-0.3, -0.25) is 4.68 Å². The number of hydrogen-bond donors (Lipinski definition) is 1. The van der Waals surface area contributed by atoms with E-state index in [9.17, 15) is 5.11 Å². The van der Waals surface area contributed by atoms with Crippen molar-refractivity contribution in [1.82, 2.24) is 9.78 Å². The van der Waals surface area contributed by atoms with E-state index in [1.54, 1.807) is 42.3 Å². The molecule has 5 heteroatoms. The molecule has 0 fully saturated rings. The summed E-state index contributed by atoms with van der Waals surface area (Å²) in [5.74, 6) is 0. The van der Waals surface area contributed by atoms with Crippen molar-refractivity contribution in [3.63, 3.8) is 0 Å². The minimum atomic E-state index is -0.852. The molecule has 1 unspecified atom stereocenters. The van der Waals surface area contributed by atoms with Crippen LogP contribution in [0.15, 0.2) is 30.6 Å². The molecule has 2 rings (SSSR count). The van der Waals surface area contributed by atoms with Gasteiger partial charge in [0.15, 0.2) is 0 Å². The molecule has 1 N–H and O–H groups in total. The van der Waals surface area contributed by atoms with E-state index >= 15 is 0 Å². The van der Waals surface area contributed by atoms with Gasteiger partial charge >= 0.3 is 0 Å². The van der Waals surface area contributed by atoms with Crippen molar-refractivity contribution < 1.29 is 5.11 Å². The number of aliphatic hydroxyl groups is 1. The van der Waals surface area contributed by atoms with E-state index < -0.39 is 6.10 Å². The van der Waals surface area contributed by atoms with Crippen molar-refractivity contribution in [3.8, 4) is 0 Å². The Balaban J connectivity index is 2.45. The SMILES string of the molecule is Cn1cc(C(O)c2c(Cl)cccc2Cl)cn1. The van der Waals surface area contributed by atoms with Gasteiger partial charge in [0, 0.05) is 34.4 Å². The lowest BCUT2D eigenvalue weighted by Gasteiger charge is -2.12. The van der Waals surface area contributed by atoms with Crippen LogP contribution in [0.2, 0.25) is 10.0 Å². The highest BCUT2D eigenvalue weighted by atomic mass is 35.5. The van der Waals surface area contributed by atoms with E-state index in [0.717, 1.165) is 0 Å². The van der Waals surface area contributed by atoms with Crippen LogP contribution in [0.3, 0.4) is 0 Å². The van der Waals surface area contributed by atoms with Crippen molar-refractivity contribution in [2.24, 2.45) is 7.05 Å². The summed E-state index contributed by atoms with van der Waals surface area (Å²) in [4.78, 5) is 0. The van der Waals surface area contributed by atoms with Gasteiger partial charge in [-0.25, -0.2) is 0 Å². The smallest absolute Gasteiger partial charge is 0.110 e. The summed E-state index contributed by atoms with van der Waals surface area (Å²) in [5, 5.41) is 15.0. The molecular weight excluding hydrogens is 247 g/mol. The predicted molar refractivity (Wildman–Crippen MR) is 63.7 cm³/mol. The molecule has 16 heavy (non-hydrogen) atoms. The maximum absolute atomic E-state index is 10.1. The summed E-state index contributed by atoms with van der Waals surface area (Å²) in [6.07, 6.45) is 2.46. The van der Waals surface area contributed by atoms with Crippen molar-refractivity contribution >= 4 is 23.2 Å². The van der Waals surface area contributed by atoms with Gasteiger partial charge in [-0.1, -0.05) is 29.3 Å². The number of nitrogens with zero attached hydrogens (tertiary/aromatic N) is 2. The minimum absolute atomic E-state index is 0.448. The zero-order chi connectivity index (χ0) is 11.7. The monoisotopic (exact) mass is 256 g/mol. The molecule has 84 valence electrons. The fourth-order valence-electron chi connectivity index (χ4n) is 1.52. The van der Waals surface area contributed by atoms with Crippen molar-refractivity contribution in [3.05, 3.63) is 51.8 Å². The molecule has 0 amide bonds. The standard InChI is InChI=1S/C11H10Cl2N2O/c1-15-6-7(5-14-15)11(16)10-8(12)3-2-4-9(10)13/h2-6,11,16H,1H3. The van der Waals surface area contributed by atoms with E-state index in [4.69, 9.17) is 23.2 Å². The first-order chi connectivity index (χ1) is 7.59. The molecule has 0 spiro atoms.